The summed E-state index contributed by atoms with van der Waals surface area (Å²) in [6.45, 7) is 4.74. The zero-order chi connectivity index (χ0) is 17.9. The Bertz CT molecular complexity index is 863. The second kappa shape index (κ2) is 7.72. The van der Waals surface area contributed by atoms with Gasteiger partial charge in [-0.3, -0.25) is 4.57 Å². The molecule has 0 aliphatic carbocycles. The summed E-state index contributed by atoms with van der Waals surface area (Å²) in [7, 11) is -3.13. The van der Waals surface area contributed by atoms with E-state index in [-0.39, 0.29) is 17.5 Å². The minimum atomic E-state index is -3.13. The molecule has 0 saturated carbocycles. The number of hydrogen-bond donors (Lipinski definition) is 2. The lowest BCUT2D eigenvalue weighted by Crippen LogP contribution is -2.41. The Morgan fingerprint density at radius 2 is 1.96 bits per heavy atom. The zero-order valence-corrected chi connectivity index (χ0v) is 15.4. The predicted octanol–water partition coefficient (Wildman–Crippen LogP) is 1.30. The van der Waals surface area contributed by atoms with Crippen molar-refractivity contribution in [2.75, 3.05) is 31.9 Å². The van der Waals surface area contributed by atoms with Crippen LogP contribution >= 0.6 is 0 Å². The number of rotatable bonds is 7. The standard InChI is InChI=1S/C17H26N4O3S/c1-2-13-25(23,24)18-9-12-20-10-7-14(8-11-20)21-16-6-4-3-5-15(16)19-17(21)22/h3-6,14,18H,2,7-13H2,1H3,(H,19,22). The van der Waals surface area contributed by atoms with Gasteiger partial charge in [0.15, 0.2) is 0 Å². The first-order valence-corrected chi connectivity index (χ1v) is 10.5. The van der Waals surface area contributed by atoms with Gasteiger partial charge in [-0.25, -0.2) is 17.9 Å². The molecular formula is C17H26N4O3S. The molecule has 0 amide bonds. The first-order valence-electron chi connectivity index (χ1n) is 8.89. The molecule has 3 rings (SSSR count). The fourth-order valence-corrected chi connectivity index (χ4v) is 4.62. The van der Waals surface area contributed by atoms with Crippen molar-refractivity contribution < 1.29 is 8.42 Å². The van der Waals surface area contributed by atoms with Crippen molar-refractivity contribution in [1.29, 1.82) is 0 Å². The van der Waals surface area contributed by atoms with Gasteiger partial charge in [0.05, 0.1) is 16.8 Å². The van der Waals surface area contributed by atoms with Gasteiger partial charge in [-0.1, -0.05) is 19.1 Å². The summed E-state index contributed by atoms with van der Waals surface area (Å²) in [5, 5.41) is 0. The Kier molecular flexibility index (Phi) is 5.61. The minimum Gasteiger partial charge on any atom is -0.306 e. The lowest BCUT2D eigenvalue weighted by Gasteiger charge is -2.32. The van der Waals surface area contributed by atoms with Crippen LogP contribution in [0.4, 0.5) is 0 Å². The Morgan fingerprint density at radius 3 is 2.68 bits per heavy atom. The third-order valence-electron chi connectivity index (χ3n) is 4.77. The summed E-state index contributed by atoms with van der Waals surface area (Å²) in [4.78, 5) is 17.5. The van der Waals surface area contributed by atoms with E-state index in [2.05, 4.69) is 14.6 Å². The topological polar surface area (TPSA) is 87.2 Å². The predicted molar refractivity (Wildman–Crippen MR) is 99.4 cm³/mol. The number of nitrogens with zero attached hydrogens (tertiary/aromatic N) is 2. The summed E-state index contributed by atoms with van der Waals surface area (Å²) >= 11 is 0. The van der Waals surface area contributed by atoms with Crippen LogP contribution in [0.3, 0.4) is 0 Å². The molecule has 0 bridgehead atoms. The molecule has 2 aromatic rings. The van der Waals surface area contributed by atoms with E-state index in [0.29, 0.717) is 19.5 Å². The van der Waals surface area contributed by atoms with Crippen LogP contribution in [0, 0.1) is 0 Å². The number of nitrogens with one attached hydrogen (secondary N) is 2. The summed E-state index contributed by atoms with van der Waals surface area (Å²) in [5.74, 6) is 0.179. The first kappa shape index (κ1) is 18.2. The van der Waals surface area contributed by atoms with E-state index in [1.807, 2.05) is 35.8 Å². The summed E-state index contributed by atoms with van der Waals surface area (Å²) in [6, 6.07) is 7.96. The maximum atomic E-state index is 12.3. The van der Waals surface area contributed by atoms with Gasteiger partial charge in [-0.15, -0.1) is 0 Å². The molecule has 7 nitrogen and oxygen atoms in total. The minimum absolute atomic E-state index is 0.0491. The highest BCUT2D eigenvalue weighted by molar-refractivity contribution is 7.89. The second-order valence-electron chi connectivity index (χ2n) is 6.60. The van der Waals surface area contributed by atoms with E-state index in [9.17, 15) is 13.2 Å². The van der Waals surface area contributed by atoms with Crippen molar-refractivity contribution in [3.05, 3.63) is 34.7 Å². The number of sulfonamides is 1. The molecule has 0 atom stereocenters. The van der Waals surface area contributed by atoms with Gasteiger partial charge in [0.2, 0.25) is 10.0 Å². The lowest BCUT2D eigenvalue weighted by atomic mass is 10.0. The van der Waals surface area contributed by atoms with Crippen LogP contribution in [0.15, 0.2) is 29.1 Å². The molecule has 1 fully saturated rings. The van der Waals surface area contributed by atoms with Crippen LogP contribution in [-0.2, 0) is 10.0 Å². The number of aromatic amines is 1. The summed E-state index contributed by atoms with van der Waals surface area (Å²) in [6.07, 6.45) is 2.41. The van der Waals surface area contributed by atoms with E-state index in [1.165, 1.54) is 0 Å². The van der Waals surface area contributed by atoms with Crippen molar-refractivity contribution in [2.45, 2.75) is 32.2 Å². The number of likely N-dealkylation sites (tertiary alicyclic amines) is 1. The van der Waals surface area contributed by atoms with E-state index < -0.39 is 10.0 Å². The molecule has 2 heterocycles. The van der Waals surface area contributed by atoms with E-state index >= 15 is 0 Å². The van der Waals surface area contributed by atoms with Crippen LogP contribution in [0.1, 0.15) is 32.2 Å². The summed E-state index contributed by atoms with van der Waals surface area (Å²) in [5.41, 5.74) is 1.78. The van der Waals surface area contributed by atoms with Crippen molar-refractivity contribution in [3.63, 3.8) is 0 Å². The molecule has 1 aromatic carbocycles. The molecule has 25 heavy (non-hydrogen) atoms. The van der Waals surface area contributed by atoms with Gasteiger partial charge in [0, 0.05) is 32.2 Å². The summed E-state index contributed by atoms with van der Waals surface area (Å²) < 4.78 is 27.9. The van der Waals surface area contributed by atoms with Gasteiger partial charge < -0.3 is 9.88 Å². The van der Waals surface area contributed by atoms with Crippen LogP contribution in [0.5, 0.6) is 0 Å². The third kappa shape index (κ3) is 4.31. The number of piperidine rings is 1. The highest BCUT2D eigenvalue weighted by Crippen LogP contribution is 2.24. The van der Waals surface area contributed by atoms with Crippen LogP contribution in [0.2, 0.25) is 0 Å². The Balaban J connectivity index is 1.55. The fourth-order valence-electron chi connectivity index (χ4n) is 3.54. The molecule has 0 unspecified atom stereocenters. The van der Waals surface area contributed by atoms with Crippen molar-refractivity contribution in [2.24, 2.45) is 0 Å². The number of H-pyrrole nitrogens is 1. The number of imidazole rings is 1. The molecule has 138 valence electrons. The van der Waals surface area contributed by atoms with Crippen molar-refractivity contribution in [1.82, 2.24) is 19.2 Å². The number of fused-ring (bicyclic) bond motifs is 1. The smallest absolute Gasteiger partial charge is 0.306 e. The number of para-hydroxylation sites is 2. The van der Waals surface area contributed by atoms with Crippen molar-refractivity contribution >= 4 is 21.1 Å². The first-order chi connectivity index (χ1) is 12.0. The Hall–Kier alpha value is -1.64. The molecule has 2 N–H and O–H groups in total. The molecular weight excluding hydrogens is 340 g/mol. The second-order valence-corrected chi connectivity index (χ2v) is 8.53. The van der Waals surface area contributed by atoms with Crippen molar-refractivity contribution in [3.8, 4) is 0 Å². The van der Waals surface area contributed by atoms with Crippen LogP contribution < -0.4 is 10.4 Å². The zero-order valence-electron chi connectivity index (χ0n) is 14.6. The van der Waals surface area contributed by atoms with Gasteiger partial charge in [0.25, 0.3) is 0 Å². The molecule has 1 aliphatic rings. The lowest BCUT2D eigenvalue weighted by molar-refractivity contribution is 0.190. The Morgan fingerprint density at radius 1 is 1.24 bits per heavy atom. The molecule has 1 aromatic heterocycles. The SMILES string of the molecule is CCCS(=O)(=O)NCCN1CCC(n2c(=O)[nH]c3ccccc32)CC1. The number of hydrogen-bond acceptors (Lipinski definition) is 4. The van der Waals surface area contributed by atoms with Crippen LogP contribution in [-0.4, -0.2) is 54.8 Å². The molecule has 8 heteroatoms. The maximum absolute atomic E-state index is 12.3. The largest absolute Gasteiger partial charge is 0.326 e. The van der Waals surface area contributed by atoms with Gasteiger partial charge >= 0.3 is 5.69 Å². The molecule has 1 saturated heterocycles. The highest BCUT2D eigenvalue weighted by Gasteiger charge is 2.23. The number of aromatic nitrogens is 2. The monoisotopic (exact) mass is 366 g/mol. The molecule has 1 aliphatic heterocycles. The average molecular weight is 366 g/mol. The third-order valence-corrected chi connectivity index (χ3v) is 6.36. The van der Waals surface area contributed by atoms with E-state index in [0.717, 1.165) is 37.0 Å². The van der Waals surface area contributed by atoms with E-state index in [4.69, 9.17) is 0 Å². The Labute approximate surface area is 148 Å². The van der Waals surface area contributed by atoms with Gasteiger partial charge in [0.1, 0.15) is 0 Å². The molecule has 0 spiro atoms. The average Bonchev–Trinajstić information content (AvgIpc) is 2.91. The maximum Gasteiger partial charge on any atom is 0.326 e. The van der Waals surface area contributed by atoms with Gasteiger partial charge in [-0.05, 0) is 31.4 Å². The highest BCUT2D eigenvalue weighted by atomic mass is 32.2. The number of benzene rings is 1. The van der Waals surface area contributed by atoms with Gasteiger partial charge in [-0.2, -0.15) is 0 Å². The van der Waals surface area contributed by atoms with Crippen LogP contribution in [0.25, 0.3) is 11.0 Å². The normalized spacial score (nSPS) is 17.3. The quantitative estimate of drug-likeness (QED) is 0.773. The van der Waals surface area contributed by atoms with E-state index in [1.54, 1.807) is 0 Å². The fraction of sp³-hybridized carbons (Fsp3) is 0.588. The molecule has 0 radical (unpaired) electrons.